The van der Waals surface area contributed by atoms with E-state index in [0.29, 0.717) is 24.5 Å². The Morgan fingerprint density at radius 2 is 1.64 bits per heavy atom. The minimum Gasteiger partial charge on any atom is -0.428 e. The maximum Gasteiger partial charge on any atom is 0.461 e. The lowest BCUT2D eigenvalue weighted by Gasteiger charge is -2.37. The lowest BCUT2D eigenvalue weighted by atomic mass is 9.77. The Morgan fingerprint density at radius 1 is 0.974 bits per heavy atom. The fraction of sp³-hybridized carbons (Fsp3) is 0.286. The molecule has 0 aromatic heterocycles. The molecule has 1 aliphatic carbocycles. The van der Waals surface area contributed by atoms with E-state index in [1.165, 1.54) is 12.1 Å². The van der Waals surface area contributed by atoms with Gasteiger partial charge in [-0.3, -0.25) is 0 Å². The van der Waals surface area contributed by atoms with E-state index in [9.17, 15) is 31.1 Å². The highest BCUT2D eigenvalue weighted by Crippen LogP contribution is 2.40. The second-order valence-corrected chi connectivity index (χ2v) is 9.41. The first-order chi connectivity index (χ1) is 18.5. The fourth-order valence-electron chi connectivity index (χ4n) is 4.38. The number of benzene rings is 3. The summed E-state index contributed by atoms with van der Waals surface area (Å²) in [6.45, 7) is 0. The third-order valence-corrected chi connectivity index (χ3v) is 6.50. The molecule has 0 aliphatic heterocycles. The second kappa shape index (κ2) is 10.9. The maximum atomic E-state index is 14.8. The van der Waals surface area contributed by atoms with E-state index in [1.807, 2.05) is 6.07 Å². The Balaban J connectivity index is 1.87. The van der Waals surface area contributed by atoms with Gasteiger partial charge in [0.2, 0.25) is 0 Å². The molecule has 1 saturated carbocycles. The van der Waals surface area contributed by atoms with Crippen LogP contribution in [0.2, 0.25) is 0 Å². The first-order valence-corrected chi connectivity index (χ1v) is 11.9. The molecule has 0 spiro atoms. The van der Waals surface area contributed by atoms with E-state index in [4.69, 9.17) is 5.26 Å². The van der Waals surface area contributed by atoms with E-state index in [0.717, 1.165) is 24.3 Å². The van der Waals surface area contributed by atoms with Crippen LogP contribution in [0.1, 0.15) is 36.0 Å². The molecular formula is C28H23F6N3O2. The summed E-state index contributed by atoms with van der Waals surface area (Å²) >= 11 is 0. The third-order valence-electron chi connectivity index (χ3n) is 6.50. The van der Waals surface area contributed by atoms with Gasteiger partial charge < -0.3 is 15.4 Å². The predicted molar refractivity (Wildman–Crippen MR) is 129 cm³/mol. The van der Waals surface area contributed by atoms with Crippen molar-refractivity contribution in [2.75, 3.05) is 0 Å². The van der Waals surface area contributed by atoms with Gasteiger partial charge in [-0.1, -0.05) is 42.5 Å². The normalized spacial score (nSPS) is 15.6. The van der Waals surface area contributed by atoms with Gasteiger partial charge in [0.05, 0.1) is 23.6 Å². The van der Waals surface area contributed by atoms with E-state index in [1.54, 1.807) is 30.3 Å². The van der Waals surface area contributed by atoms with Crippen LogP contribution in [0.3, 0.4) is 0 Å². The Bertz CT molecular complexity index is 1360. The van der Waals surface area contributed by atoms with Crippen molar-refractivity contribution in [3.05, 3.63) is 101 Å². The van der Waals surface area contributed by atoms with E-state index < -0.39 is 47.0 Å². The van der Waals surface area contributed by atoms with Gasteiger partial charge >= 0.3 is 18.6 Å². The molecule has 0 radical (unpaired) electrons. The quantitative estimate of drug-likeness (QED) is 0.287. The number of hydrogen-bond donors (Lipinski definition) is 2. The molecule has 2 N–H and O–H groups in total. The first kappa shape index (κ1) is 27.8. The summed E-state index contributed by atoms with van der Waals surface area (Å²) in [4.78, 5) is 13.3. The lowest BCUT2D eigenvalue weighted by Crippen LogP contribution is -2.54. The number of nitriles is 1. The van der Waals surface area contributed by atoms with Gasteiger partial charge in [-0.15, -0.1) is 0 Å². The molecule has 1 fully saturated rings. The first-order valence-electron chi connectivity index (χ1n) is 11.9. The van der Waals surface area contributed by atoms with Crippen molar-refractivity contribution in [3.8, 4) is 11.8 Å². The number of ether oxygens (including phenoxy) is 1. The summed E-state index contributed by atoms with van der Waals surface area (Å²) in [5.41, 5.74) is -1.74. The zero-order chi connectivity index (χ0) is 28.3. The number of carbonyl (C=O) groups is 1. The van der Waals surface area contributed by atoms with Crippen LogP contribution in [-0.4, -0.2) is 24.1 Å². The van der Waals surface area contributed by atoms with Gasteiger partial charge in [0, 0.05) is 12.5 Å². The van der Waals surface area contributed by atoms with Crippen LogP contribution in [0, 0.1) is 23.0 Å². The monoisotopic (exact) mass is 547 g/mol. The van der Waals surface area contributed by atoms with Gasteiger partial charge in [0.25, 0.3) is 0 Å². The van der Waals surface area contributed by atoms with Gasteiger partial charge in [-0.2, -0.15) is 22.8 Å². The maximum absolute atomic E-state index is 14.8. The highest BCUT2D eigenvalue weighted by atomic mass is 19.3. The van der Waals surface area contributed by atoms with Crippen molar-refractivity contribution in [1.29, 1.82) is 5.26 Å². The number of urea groups is 1. The van der Waals surface area contributed by atoms with Crippen LogP contribution >= 0.6 is 0 Å². The molecule has 3 aromatic carbocycles. The lowest BCUT2D eigenvalue weighted by molar-refractivity contribution is -0.253. The summed E-state index contributed by atoms with van der Waals surface area (Å²) in [5, 5.41) is 14.7. The van der Waals surface area contributed by atoms with Crippen molar-refractivity contribution >= 4 is 6.03 Å². The van der Waals surface area contributed by atoms with Gasteiger partial charge in [-0.05, 0) is 53.8 Å². The molecule has 5 nitrogen and oxygen atoms in total. The van der Waals surface area contributed by atoms with E-state index >= 15 is 0 Å². The average molecular weight is 547 g/mol. The fourth-order valence-corrected chi connectivity index (χ4v) is 4.38. The summed E-state index contributed by atoms with van der Waals surface area (Å²) in [6.07, 6.45) is -8.03. The third kappa shape index (κ3) is 6.45. The summed E-state index contributed by atoms with van der Waals surface area (Å²) in [5.74, 6) is -2.61. The Hall–Kier alpha value is -4.20. The number of nitrogens with one attached hydrogen (secondary N) is 2. The van der Waals surface area contributed by atoms with Crippen LogP contribution in [0.25, 0.3) is 0 Å². The van der Waals surface area contributed by atoms with Gasteiger partial charge in [-0.25, -0.2) is 13.6 Å². The summed E-state index contributed by atoms with van der Waals surface area (Å²) < 4.78 is 86.0. The van der Waals surface area contributed by atoms with Crippen molar-refractivity contribution in [3.63, 3.8) is 0 Å². The van der Waals surface area contributed by atoms with E-state index in [-0.39, 0.29) is 24.0 Å². The average Bonchev–Trinajstić information content (AvgIpc) is 3.62. The van der Waals surface area contributed by atoms with Crippen LogP contribution in [-0.2, 0) is 12.0 Å². The largest absolute Gasteiger partial charge is 0.461 e. The Morgan fingerprint density at radius 3 is 2.23 bits per heavy atom. The number of carbonyl (C=O) groups excluding carboxylic acids is 1. The van der Waals surface area contributed by atoms with Gasteiger partial charge in [0.1, 0.15) is 17.4 Å². The van der Waals surface area contributed by atoms with Crippen molar-refractivity contribution in [2.45, 2.75) is 49.3 Å². The number of hydrogen-bond acceptors (Lipinski definition) is 3. The van der Waals surface area contributed by atoms with Crippen LogP contribution in [0.4, 0.5) is 31.1 Å². The molecule has 0 bridgehead atoms. The molecule has 2 amide bonds. The summed E-state index contributed by atoms with van der Waals surface area (Å²) in [6, 6.07) is 17.1. The standard InChI is InChI=1S/C28H23F6N3O2/c29-21-8-6-19(7-9-21)27(17-18-4-2-1-3-5-18,37-25(38)36-26(10-11-26)12-13-35)20-14-22(30)16-23(15-20)39-28(33,34)24(31)32/h1-9,14-16,24H,10-12,17H2,(H2,36,37,38). The number of rotatable bonds is 10. The highest BCUT2D eigenvalue weighted by Gasteiger charge is 2.47. The zero-order valence-electron chi connectivity index (χ0n) is 20.4. The smallest absolute Gasteiger partial charge is 0.428 e. The van der Waals surface area contributed by atoms with Crippen molar-refractivity contribution in [2.24, 2.45) is 0 Å². The van der Waals surface area contributed by atoms with Gasteiger partial charge in [0.15, 0.2) is 0 Å². The molecule has 4 rings (SSSR count). The molecule has 1 atom stereocenters. The molecule has 0 heterocycles. The molecule has 11 heteroatoms. The molecule has 3 aromatic rings. The molecule has 1 aliphatic rings. The SMILES string of the molecule is N#CCC1(NC(=O)NC(Cc2ccccc2)(c2ccc(F)cc2)c2cc(F)cc(OC(F)(F)C(F)F)c2)CC1. The topological polar surface area (TPSA) is 74.2 Å². The van der Waals surface area contributed by atoms with Crippen LogP contribution in [0.15, 0.2) is 72.8 Å². The molecule has 0 saturated heterocycles. The van der Waals surface area contributed by atoms with E-state index in [2.05, 4.69) is 15.4 Å². The second-order valence-electron chi connectivity index (χ2n) is 9.41. The molecule has 1 unspecified atom stereocenters. The minimum atomic E-state index is -4.91. The summed E-state index contributed by atoms with van der Waals surface area (Å²) in [7, 11) is 0. The molecular weight excluding hydrogens is 524 g/mol. The Labute approximate surface area is 220 Å². The van der Waals surface area contributed by atoms with Crippen molar-refractivity contribution in [1.82, 2.24) is 10.6 Å². The number of alkyl halides is 4. The minimum absolute atomic E-state index is 0.0450. The number of amides is 2. The number of halogens is 6. The zero-order valence-corrected chi connectivity index (χ0v) is 20.4. The highest BCUT2D eigenvalue weighted by molar-refractivity contribution is 5.77. The van der Waals surface area contributed by atoms with Crippen molar-refractivity contribution < 1.29 is 35.9 Å². The molecule has 39 heavy (non-hydrogen) atoms. The Kier molecular flexibility index (Phi) is 7.77. The molecule has 204 valence electrons. The number of nitrogens with zero attached hydrogens (tertiary/aromatic N) is 1. The van der Waals surface area contributed by atoms with Crippen LogP contribution < -0.4 is 15.4 Å². The van der Waals surface area contributed by atoms with Crippen LogP contribution in [0.5, 0.6) is 5.75 Å². The predicted octanol–water partition coefficient (Wildman–Crippen LogP) is 6.43.